The van der Waals surface area contributed by atoms with Gasteiger partial charge < -0.3 is 15.3 Å². The Labute approximate surface area is 109 Å². The number of nitrogens with one attached hydrogen (secondary N) is 1. The van der Waals surface area contributed by atoms with Crippen molar-refractivity contribution in [1.29, 1.82) is 0 Å². The summed E-state index contributed by atoms with van der Waals surface area (Å²) in [6.07, 6.45) is -0.0246. The van der Waals surface area contributed by atoms with Crippen molar-refractivity contribution in [2.24, 2.45) is 0 Å². The van der Waals surface area contributed by atoms with Gasteiger partial charge in [0.15, 0.2) is 0 Å². The fourth-order valence-electron chi connectivity index (χ4n) is 1.46. The quantitative estimate of drug-likeness (QED) is 0.761. The highest BCUT2D eigenvalue weighted by molar-refractivity contribution is 5.92. The van der Waals surface area contributed by atoms with Crippen LogP contribution in [-0.4, -0.2) is 58.5 Å². The number of aromatic nitrogens is 2. The van der Waals surface area contributed by atoms with Gasteiger partial charge in [-0.25, -0.2) is 13.8 Å². The van der Waals surface area contributed by atoms with Gasteiger partial charge in [0.25, 0.3) is 12.3 Å². The summed E-state index contributed by atoms with van der Waals surface area (Å²) in [6, 6.07) is 0. The lowest BCUT2D eigenvalue weighted by molar-refractivity contribution is 0.0504. The summed E-state index contributed by atoms with van der Waals surface area (Å²) in [5, 5.41) is 11.7. The number of alkyl halides is 2. The van der Waals surface area contributed by atoms with Crippen LogP contribution in [0.15, 0.2) is 12.4 Å². The van der Waals surface area contributed by atoms with Crippen LogP contribution in [0, 0.1) is 0 Å². The molecule has 6 nitrogen and oxygen atoms in total. The number of carbonyl (C=O) groups is 1. The van der Waals surface area contributed by atoms with E-state index in [9.17, 15) is 13.6 Å². The summed E-state index contributed by atoms with van der Waals surface area (Å²) < 4.78 is 24.7. The summed E-state index contributed by atoms with van der Waals surface area (Å²) in [7, 11) is 0. The predicted molar refractivity (Wildman–Crippen MR) is 65.2 cm³/mol. The van der Waals surface area contributed by atoms with Crippen molar-refractivity contribution >= 4 is 11.7 Å². The number of nitrogens with zero attached hydrogens (tertiary/aromatic N) is 3. The van der Waals surface area contributed by atoms with E-state index in [-0.39, 0.29) is 12.2 Å². The highest BCUT2D eigenvalue weighted by Crippen LogP contribution is 2.07. The molecular formula is C11H16F2N4O2. The number of aliphatic hydroxyl groups excluding tert-OH is 1. The van der Waals surface area contributed by atoms with Crippen LogP contribution in [0.25, 0.3) is 0 Å². The van der Waals surface area contributed by atoms with Crippen molar-refractivity contribution in [3.63, 3.8) is 0 Å². The fraction of sp³-hybridized carbons (Fsp3) is 0.545. The van der Waals surface area contributed by atoms with Gasteiger partial charge in [0, 0.05) is 13.1 Å². The van der Waals surface area contributed by atoms with Crippen LogP contribution >= 0.6 is 0 Å². The van der Waals surface area contributed by atoms with Crippen molar-refractivity contribution < 1.29 is 18.7 Å². The number of halogens is 2. The predicted octanol–water partition coefficient (Wildman–Crippen LogP) is 0.608. The van der Waals surface area contributed by atoms with Crippen LogP contribution in [0.3, 0.4) is 0 Å². The number of hydrogen-bond donors (Lipinski definition) is 2. The molecule has 0 spiro atoms. The molecule has 1 aromatic rings. The molecule has 1 amide bonds. The Morgan fingerprint density at radius 1 is 1.53 bits per heavy atom. The maximum atomic E-state index is 12.4. The normalized spacial score (nSPS) is 10.6. The number of rotatable bonds is 7. The molecule has 0 aliphatic carbocycles. The first kappa shape index (κ1) is 15.2. The fourth-order valence-corrected chi connectivity index (χ4v) is 1.46. The second-order valence-corrected chi connectivity index (χ2v) is 3.69. The van der Waals surface area contributed by atoms with Crippen LogP contribution in [0.2, 0.25) is 0 Å². The molecule has 0 aliphatic rings. The largest absolute Gasteiger partial charge is 0.395 e. The molecule has 8 heteroatoms. The van der Waals surface area contributed by atoms with Gasteiger partial charge in [-0.2, -0.15) is 0 Å². The van der Waals surface area contributed by atoms with E-state index >= 15 is 0 Å². The van der Waals surface area contributed by atoms with Gasteiger partial charge in [-0.3, -0.25) is 9.78 Å². The Balaban J connectivity index is 2.85. The molecule has 0 saturated heterocycles. The van der Waals surface area contributed by atoms with Crippen molar-refractivity contribution in [3.8, 4) is 0 Å². The summed E-state index contributed by atoms with van der Waals surface area (Å²) in [5.74, 6) is -0.282. The van der Waals surface area contributed by atoms with Crippen molar-refractivity contribution in [3.05, 3.63) is 18.1 Å². The Morgan fingerprint density at radius 3 is 2.84 bits per heavy atom. The number of amides is 1. The molecule has 1 aromatic heterocycles. The lowest BCUT2D eigenvalue weighted by Crippen LogP contribution is -2.37. The lowest BCUT2D eigenvalue weighted by Gasteiger charge is -2.20. The zero-order valence-corrected chi connectivity index (χ0v) is 10.5. The van der Waals surface area contributed by atoms with Gasteiger partial charge >= 0.3 is 0 Å². The second-order valence-electron chi connectivity index (χ2n) is 3.69. The lowest BCUT2D eigenvalue weighted by atomic mass is 10.3. The molecule has 0 unspecified atom stereocenters. The molecule has 0 aliphatic heterocycles. The molecule has 0 radical (unpaired) electrons. The molecule has 0 saturated carbocycles. The van der Waals surface area contributed by atoms with Gasteiger partial charge in [0.2, 0.25) is 0 Å². The first-order valence-corrected chi connectivity index (χ1v) is 5.82. The smallest absolute Gasteiger partial charge is 0.274 e. The van der Waals surface area contributed by atoms with Crippen molar-refractivity contribution in [2.75, 3.05) is 31.6 Å². The van der Waals surface area contributed by atoms with Gasteiger partial charge in [-0.1, -0.05) is 0 Å². The molecule has 0 atom stereocenters. The number of anilines is 1. The average molecular weight is 274 g/mol. The van der Waals surface area contributed by atoms with Gasteiger partial charge in [0.05, 0.1) is 25.5 Å². The van der Waals surface area contributed by atoms with E-state index in [0.717, 1.165) is 4.90 Å². The molecule has 0 bridgehead atoms. The minimum absolute atomic E-state index is 0.0347. The number of carbonyl (C=O) groups excluding carboxylic acids is 1. The van der Waals surface area contributed by atoms with E-state index < -0.39 is 25.5 Å². The maximum absolute atomic E-state index is 12.4. The third kappa shape index (κ3) is 4.74. The standard InChI is InChI=1S/C11H16F2N4O2/c1-2-15-10-6-14-5-8(16-10)11(19)17(3-4-18)7-9(12)13/h5-6,9,18H,2-4,7H2,1H3,(H,15,16). The molecule has 19 heavy (non-hydrogen) atoms. The molecule has 106 valence electrons. The van der Waals surface area contributed by atoms with Crippen LogP contribution in [0.4, 0.5) is 14.6 Å². The van der Waals surface area contributed by atoms with E-state index in [1.54, 1.807) is 0 Å². The van der Waals surface area contributed by atoms with Gasteiger partial charge in [-0.15, -0.1) is 0 Å². The van der Waals surface area contributed by atoms with Crippen LogP contribution in [0.1, 0.15) is 17.4 Å². The average Bonchev–Trinajstić information content (AvgIpc) is 2.37. The monoisotopic (exact) mass is 274 g/mol. The molecule has 1 rings (SSSR count). The Hall–Kier alpha value is -1.83. The topological polar surface area (TPSA) is 78.4 Å². The minimum atomic E-state index is -2.67. The van der Waals surface area contributed by atoms with Gasteiger partial charge in [-0.05, 0) is 6.92 Å². The summed E-state index contributed by atoms with van der Waals surface area (Å²) in [5.41, 5.74) is -0.0347. The molecule has 2 N–H and O–H groups in total. The van der Waals surface area contributed by atoms with Crippen molar-refractivity contribution in [1.82, 2.24) is 14.9 Å². The Morgan fingerprint density at radius 2 is 2.26 bits per heavy atom. The molecule has 0 fully saturated rings. The third-order valence-corrected chi connectivity index (χ3v) is 2.23. The van der Waals surface area contributed by atoms with E-state index in [4.69, 9.17) is 5.11 Å². The zero-order chi connectivity index (χ0) is 14.3. The van der Waals surface area contributed by atoms with Crippen molar-refractivity contribution in [2.45, 2.75) is 13.3 Å². The number of hydrogen-bond acceptors (Lipinski definition) is 5. The Bertz CT molecular complexity index is 417. The first-order valence-electron chi connectivity index (χ1n) is 5.82. The Kier molecular flexibility index (Phi) is 6.07. The maximum Gasteiger partial charge on any atom is 0.274 e. The first-order chi connectivity index (χ1) is 9.08. The van der Waals surface area contributed by atoms with Crippen LogP contribution in [-0.2, 0) is 0 Å². The van der Waals surface area contributed by atoms with E-state index in [2.05, 4.69) is 15.3 Å². The zero-order valence-electron chi connectivity index (χ0n) is 10.5. The van der Waals surface area contributed by atoms with E-state index in [1.165, 1.54) is 12.4 Å². The minimum Gasteiger partial charge on any atom is -0.395 e. The molecular weight excluding hydrogens is 258 g/mol. The van der Waals surface area contributed by atoms with Crippen LogP contribution in [0.5, 0.6) is 0 Å². The summed E-state index contributed by atoms with van der Waals surface area (Å²) >= 11 is 0. The second kappa shape index (κ2) is 7.57. The number of aliphatic hydroxyl groups is 1. The molecule has 1 heterocycles. The van der Waals surface area contributed by atoms with Crippen LogP contribution < -0.4 is 5.32 Å². The molecule has 0 aromatic carbocycles. The van der Waals surface area contributed by atoms with E-state index in [0.29, 0.717) is 12.4 Å². The van der Waals surface area contributed by atoms with Gasteiger partial charge in [0.1, 0.15) is 11.5 Å². The summed E-state index contributed by atoms with van der Waals surface area (Å²) in [4.78, 5) is 20.6. The highest BCUT2D eigenvalue weighted by Gasteiger charge is 2.20. The third-order valence-electron chi connectivity index (χ3n) is 2.23. The summed E-state index contributed by atoms with van der Waals surface area (Å²) in [6.45, 7) is 1.15. The highest BCUT2D eigenvalue weighted by atomic mass is 19.3. The SMILES string of the molecule is CCNc1cncc(C(=O)N(CCO)CC(F)F)n1. The van der Waals surface area contributed by atoms with E-state index in [1.807, 2.05) is 6.92 Å².